The highest BCUT2D eigenvalue weighted by Gasteiger charge is 2.14. The Morgan fingerprint density at radius 3 is 2.74 bits per heavy atom. The van der Waals surface area contributed by atoms with Crippen molar-refractivity contribution in [3.05, 3.63) is 89.5 Å². The summed E-state index contributed by atoms with van der Waals surface area (Å²) in [6.07, 6.45) is 1.78. The smallest absolute Gasteiger partial charge is 0.191 e. The van der Waals surface area contributed by atoms with Gasteiger partial charge in [-0.15, -0.1) is 28.1 Å². The molecule has 5 nitrogen and oxygen atoms in total. The fourth-order valence-corrected chi connectivity index (χ4v) is 4.68. The van der Waals surface area contributed by atoms with Gasteiger partial charge in [-0.3, -0.25) is 4.57 Å². The minimum absolute atomic E-state index is 0.122. The Morgan fingerprint density at radius 1 is 1.16 bits per heavy atom. The van der Waals surface area contributed by atoms with Gasteiger partial charge in [0.25, 0.3) is 0 Å². The molecule has 4 rings (SSSR count). The van der Waals surface area contributed by atoms with Gasteiger partial charge in [0.2, 0.25) is 0 Å². The lowest BCUT2D eigenvalue weighted by molar-refractivity contribution is 0.275. The maximum absolute atomic E-state index is 13.8. The number of benzene rings is 2. The number of hydrogen-bond donors (Lipinski definition) is 0. The van der Waals surface area contributed by atoms with Crippen molar-refractivity contribution in [1.82, 2.24) is 19.7 Å². The summed E-state index contributed by atoms with van der Waals surface area (Å²) in [5, 5.41) is 12.3. The van der Waals surface area contributed by atoms with E-state index in [0.29, 0.717) is 18.1 Å². The van der Waals surface area contributed by atoms with E-state index in [-0.39, 0.29) is 12.4 Å². The number of allylic oxidation sites excluding steroid dienone is 1. The summed E-state index contributed by atoms with van der Waals surface area (Å²) in [4.78, 5) is 4.75. The fraction of sp³-hybridized carbons (Fsp3) is 0.174. The molecule has 0 aliphatic heterocycles. The van der Waals surface area contributed by atoms with Crippen LogP contribution in [-0.2, 0) is 18.9 Å². The maximum atomic E-state index is 13.8. The molecule has 2 aromatic heterocycles. The topological polar surface area (TPSA) is 52.8 Å². The molecule has 0 unspecified atom stereocenters. The highest BCUT2D eigenvalue weighted by molar-refractivity contribution is 7.98. The number of hydrogen-bond acceptors (Lipinski definition) is 6. The highest BCUT2D eigenvalue weighted by atomic mass is 32.2. The van der Waals surface area contributed by atoms with Gasteiger partial charge in [0, 0.05) is 23.2 Å². The van der Waals surface area contributed by atoms with E-state index in [0.717, 1.165) is 21.4 Å². The predicted octanol–water partition coefficient (Wildman–Crippen LogP) is 5.91. The van der Waals surface area contributed by atoms with E-state index in [1.165, 1.54) is 11.6 Å². The van der Waals surface area contributed by atoms with E-state index in [1.54, 1.807) is 47.4 Å². The molecule has 0 bridgehead atoms. The number of aromatic nitrogens is 4. The lowest BCUT2D eigenvalue weighted by Gasteiger charge is -2.09. The second kappa shape index (κ2) is 9.89. The van der Waals surface area contributed by atoms with Crippen LogP contribution in [0.4, 0.5) is 4.39 Å². The largest absolute Gasteiger partial charge is 0.483 e. The highest BCUT2D eigenvalue weighted by Crippen LogP contribution is 2.28. The summed E-state index contributed by atoms with van der Waals surface area (Å²) >= 11 is 3.18. The molecule has 31 heavy (non-hydrogen) atoms. The summed E-state index contributed by atoms with van der Waals surface area (Å²) < 4.78 is 21.3. The zero-order valence-corrected chi connectivity index (χ0v) is 18.6. The fourth-order valence-electron chi connectivity index (χ4n) is 2.89. The molecule has 0 aliphatic rings. The average molecular weight is 453 g/mol. The quantitative estimate of drug-likeness (QED) is 0.234. The molecular weight excluding hydrogens is 431 g/mol. The van der Waals surface area contributed by atoms with Gasteiger partial charge in [-0.25, -0.2) is 9.37 Å². The van der Waals surface area contributed by atoms with Crippen LogP contribution < -0.4 is 4.74 Å². The van der Waals surface area contributed by atoms with E-state index in [2.05, 4.69) is 53.3 Å². The third-order valence-electron chi connectivity index (χ3n) is 4.50. The van der Waals surface area contributed by atoms with E-state index in [4.69, 9.17) is 9.72 Å². The Labute approximate surface area is 188 Å². The monoisotopic (exact) mass is 452 g/mol. The van der Waals surface area contributed by atoms with Crippen molar-refractivity contribution in [1.29, 1.82) is 0 Å². The minimum Gasteiger partial charge on any atom is -0.483 e. The Morgan fingerprint density at radius 2 is 1.97 bits per heavy atom. The first kappa shape index (κ1) is 21.3. The zero-order chi connectivity index (χ0) is 21.6. The Balaban J connectivity index is 1.43. The van der Waals surface area contributed by atoms with Crippen molar-refractivity contribution in [2.24, 2.45) is 0 Å². The van der Waals surface area contributed by atoms with Gasteiger partial charge in [-0.05, 0) is 19.1 Å². The van der Waals surface area contributed by atoms with Crippen LogP contribution in [0.5, 0.6) is 5.75 Å². The van der Waals surface area contributed by atoms with Crippen molar-refractivity contribution in [3.8, 4) is 16.3 Å². The number of nitrogens with zero attached hydrogens (tertiary/aromatic N) is 4. The van der Waals surface area contributed by atoms with Crippen LogP contribution in [0, 0.1) is 12.7 Å². The Bertz CT molecular complexity index is 1170. The molecule has 0 saturated heterocycles. The first-order valence-electron chi connectivity index (χ1n) is 9.68. The average Bonchev–Trinajstić information content (AvgIpc) is 3.40. The van der Waals surface area contributed by atoms with Gasteiger partial charge in [0.05, 0.1) is 5.69 Å². The molecule has 0 amide bonds. The normalized spacial score (nSPS) is 10.9. The van der Waals surface area contributed by atoms with Crippen molar-refractivity contribution in [2.45, 2.75) is 31.0 Å². The van der Waals surface area contributed by atoms with E-state index in [1.807, 2.05) is 4.57 Å². The lowest BCUT2D eigenvalue weighted by Crippen LogP contribution is -2.08. The van der Waals surface area contributed by atoms with Crippen molar-refractivity contribution < 1.29 is 9.13 Å². The van der Waals surface area contributed by atoms with Crippen molar-refractivity contribution >= 4 is 23.1 Å². The second-order valence-corrected chi connectivity index (χ2v) is 8.62. The van der Waals surface area contributed by atoms with Gasteiger partial charge in [-0.2, -0.15) is 0 Å². The number of aryl methyl sites for hydroxylation is 1. The number of thioether (sulfide) groups is 1. The molecule has 0 saturated carbocycles. The van der Waals surface area contributed by atoms with E-state index in [9.17, 15) is 4.39 Å². The maximum Gasteiger partial charge on any atom is 0.191 e. The predicted molar refractivity (Wildman–Crippen MR) is 123 cm³/mol. The molecule has 0 radical (unpaired) electrons. The molecular formula is C23H21FN4OS2. The summed E-state index contributed by atoms with van der Waals surface area (Å²) in [5.74, 6) is 1.08. The number of ether oxygens (including phenoxy) is 1. The Kier molecular flexibility index (Phi) is 6.79. The van der Waals surface area contributed by atoms with Gasteiger partial charge < -0.3 is 4.74 Å². The summed E-state index contributed by atoms with van der Waals surface area (Å²) in [6, 6.07) is 14.7. The minimum atomic E-state index is -0.403. The molecule has 8 heteroatoms. The zero-order valence-electron chi connectivity index (χ0n) is 17.0. The Hall–Kier alpha value is -2.97. The van der Waals surface area contributed by atoms with Crippen molar-refractivity contribution in [2.75, 3.05) is 0 Å². The second-order valence-electron chi connectivity index (χ2n) is 6.82. The number of halogens is 1. The molecule has 0 spiro atoms. The first-order valence-corrected chi connectivity index (χ1v) is 11.5. The number of thiazole rings is 1. The molecule has 2 aromatic carbocycles. The lowest BCUT2D eigenvalue weighted by atomic mass is 10.2. The van der Waals surface area contributed by atoms with Crippen LogP contribution in [0.25, 0.3) is 10.6 Å². The van der Waals surface area contributed by atoms with Crippen LogP contribution in [0.15, 0.2) is 71.7 Å². The van der Waals surface area contributed by atoms with Gasteiger partial charge >= 0.3 is 0 Å². The van der Waals surface area contributed by atoms with Crippen LogP contribution in [0.1, 0.15) is 17.1 Å². The van der Waals surface area contributed by atoms with Crippen LogP contribution in [0.3, 0.4) is 0 Å². The molecule has 158 valence electrons. The SMILES string of the molecule is C=CCn1c(COc2ccccc2F)nnc1SCc1csc(-c2ccc(C)cc2)n1. The first-order chi connectivity index (χ1) is 15.1. The van der Waals surface area contributed by atoms with Crippen LogP contribution >= 0.6 is 23.1 Å². The number of rotatable bonds is 9. The molecule has 4 aromatic rings. The number of para-hydroxylation sites is 1. The summed E-state index contributed by atoms with van der Waals surface area (Å²) in [6.45, 7) is 6.55. The van der Waals surface area contributed by atoms with Crippen LogP contribution in [0.2, 0.25) is 0 Å². The molecule has 0 fully saturated rings. The van der Waals surface area contributed by atoms with Crippen LogP contribution in [-0.4, -0.2) is 19.7 Å². The molecule has 0 atom stereocenters. The summed E-state index contributed by atoms with van der Waals surface area (Å²) in [5.41, 5.74) is 3.34. The van der Waals surface area contributed by atoms with Gasteiger partial charge in [-0.1, -0.05) is 59.8 Å². The van der Waals surface area contributed by atoms with Gasteiger partial charge in [0.1, 0.15) is 11.6 Å². The third-order valence-corrected chi connectivity index (χ3v) is 6.44. The third kappa shape index (κ3) is 5.21. The summed E-state index contributed by atoms with van der Waals surface area (Å²) in [7, 11) is 0. The molecule has 2 heterocycles. The van der Waals surface area contributed by atoms with E-state index >= 15 is 0 Å². The van der Waals surface area contributed by atoms with Gasteiger partial charge in [0.15, 0.2) is 22.5 Å². The standard InChI is InChI=1S/C23H21FN4OS2/c1-3-12-28-21(13-29-20-7-5-4-6-19(20)24)26-27-23(28)31-15-18-14-30-22(25-18)17-10-8-16(2)9-11-17/h3-11,14H,1,12-13,15H2,2H3. The molecule has 0 N–H and O–H groups in total. The molecule has 0 aliphatic carbocycles. The van der Waals surface area contributed by atoms with Crippen molar-refractivity contribution in [3.63, 3.8) is 0 Å². The van der Waals surface area contributed by atoms with E-state index < -0.39 is 5.82 Å².